The van der Waals surface area contributed by atoms with E-state index in [0.29, 0.717) is 0 Å². The standard InChI is InChI=1S/C12H15N3O/c1-3-11-13-7-8-15(11)12-10(9(2)16)5-4-6-14-12/h4-9,16H,3H2,1-2H3/t9-/m0/s1. The number of rotatable bonds is 3. The number of hydrogen-bond acceptors (Lipinski definition) is 3. The number of nitrogens with zero attached hydrogens (tertiary/aromatic N) is 3. The Morgan fingerprint density at radius 1 is 1.38 bits per heavy atom. The molecule has 2 aromatic rings. The second-order valence-corrected chi connectivity index (χ2v) is 3.66. The second-order valence-electron chi connectivity index (χ2n) is 3.66. The summed E-state index contributed by atoms with van der Waals surface area (Å²) in [5.74, 6) is 1.70. The summed E-state index contributed by atoms with van der Waals surface area (Å²) < 4.78 is 1.92. The summed E-state index contributed by atoms with van der Waals surface area (Å²) in [7, 11) is 0. The van der Waals surface area contributed by atoms with Crippen molar-refractivity contribution in [2.24, 2.45) is 0 Å². The van der Waals surface area contributed by atoms with Gasteiger partial charge in [-0.2, -0.15) is 0 Å². The SMILES string of the molecule is CCc1nccn1-c1ncccc1[C@H](C)O. The van der Waals surface area contributed by atoms with E-state index < -0.39 is 6.10 Å². The van der Waals surface area contributed by atoms with Crippen molar-refractivity contribution in [2.75, 3.05) is 0 Å². The van der Waals surface area contributed by atoms with E-state index in [1.165, 1.54) is 0 Å². The first-order valence-corrected chi connectivity index (χ1v) is 5.39. The zero-order chi connectivity index (χ0) is 11.5. The minimum absolute atomic E-state index is 0.532. The molecule has 84 valence electrons. The van der Waals surface area contributed by atoms with Gasteiger partial charge < -0.3 is 5.11 Å². The number of imidazole rings is 1. The summed E-state index contributed by atoms with van der Waals surface area (Å²) in [6.45, 7) is 3.78. The van der Waals surface area contributed by atoms with Gasteiger partial charge in [-0.15, -0.1) is 0 Å². The Morgan fingerprint density at radius 2 is 2.19 bits per heavy atom. The fraction of sp³-hybridized carbons (Fsp3) is 0.333. The highest BCUT2D eigenvalue weighted by molar-refractivity contribution is 5.36. The number of aliphatic hydroxyl groups is 1. The number of aryl methyl sites for hydroxylation is 1. The van der Waals surface area contributed by atoms with Crippen molar-refractivity contribution in [3.8, 4) is 5.82 Å². The summed E-state index contributed by atoms with van der Waals surface area (Å²) >= 11 is 0. The quantitative estimate of drug-likeness (QED) is 0.854. The lowest BCUT2D eigenvalue weighted by atomic mass is 10.1. The van der Waals surface area contributed by atoms with Gasteiger partial charge in [0, 0.05) is 30.6 Å². The van der Waals surface area contributed by atoms with E-state index in [0.717, 1.165) is 23.6 Å². The summed E-state index contributed by atoms with van der Waals surface area (Å²) in [5, 5.41) is 9.69. The molecule has 0 aliphatic carbocycles. The molecular formula is C12H15N3O. The van der Waals surface area contributed by atoms with E-state index in [9.17, 15) is 5.11 Å². The highest BCUT2D eigenvalue weighted by atomic mass is 16.3. The van der Waals surface area contributed by atoms with Gasteiger partial charge in [0.25, 0.3) is 0 Å². The maximum Gasteiger partial charge on any atom is 0.143 e. The molecule has 16 heavy (non-hydrogen) atoms. The van der Waals surface area contributed by atoms with Crippen molar-refractivity contribution in [3.05, 3.63) is 42.1 Å². The first-order valence-electron chi connectivity index (χ1n) is 5.39. The van der Waals surface area contributed by atoms with Crippen molar-refractivity contribution in [2.45, 2.75) is 26.4 Å². The first kappa shape index (κ1) is 10.8. The van der Waals surface area contributed by atoms with E-state index in [1.54, 1.807) is 19.3 Å². The third-order valence-electron chi connectivity index (χ3n) is 2.53. The fourth-order valence-corrected chi connectivity index (χ4v) is 1.73. The lowest BCUT2D eigenvalue weighted by Gasteiger charge is -2.12. The van der Waals surface area contributed by atoms with Gasteiger partial charge in [0.15, 0.2) is 0 Å². The zero-order valence-corrected chi connectivity index (χ0v) is 9.46. The Bertz CT molecular complexity index is 477. The van der Waals surface area contributed by atoms with Crippen LogP contribution < -0.4 is 0 Å². The van der Waals surface area contributed by atoms with Crippen molar-refractivity contribution in [1.82, 2.24) is 14.5 Å². The Kier molecular flexibility index (Phi) is 3.01. The van der Waals surface area contributed by atoms with Crippen molar-refractivity contribution in [1.29, 1.82) is 0 Å². The molecule has 0 bridgehead atoms. The molecule has 2 heterocycles. The molecule has 0 spiro atoms. The second kappa shape index (κ2) is 4.45. The van der Waals surface area contributed by atoms with Crippen molar-refractivity contribution < 1.29 is 5.11 Å². The van der Waals surface area contributed by atoms with Gasteiger partial charge in [-0.1, -0.05) is 13.0 Å². The number of aromatic nitrogens is 3. The molecule has 0 aliphatic heterocycles. The van der Waals surface area contributed by atoms with Crippen LogP contribution in [0.25, 0.3) is 5.82 Å². The minimum atomic E-state index is -0.532. The van der Waals surface area contributed by atoms with E-state index in [-0.39, 0.29) is 0 Å². The summed E-state index contributed by atoms with van der Waals surface area (Å²) in [6, 6.07) is 3.71. The lowest BCUT2D eigenvalue weighted by Crippen LogP contribution is -2.07. The average molecular weight is 217 g/mol. The molecule has 2 rings (SSSR count). The van der Waals surface area contributed by atoms with E-state index >= 15 is 0 Å². The van der Waals surface area contributed by atoms with Gasteiger partial charge in [0.1, 0.15) is 11.6 Å². The molecule has 0 saturated carbocycles. The van der Waals surface area contributed by atoms with Crippen molar-refractivity contribution >= 4 is 0 Å². The molecule has 0 aliphatic rings. The predicted octanol–water partition coefficient (Wildman–Crippen LogP) is 1.88. The molecule has 4 heteroatoms. The monoisotopic (exact) mass is 217 g/mol. The normalized spacial score (nSPS) is 12.7. The number of aliphatic hydroxyl groups excluding tert-OH is 1. The largest absolute Gasteiger partial charge is 0.389 e. The molecule has 0 amide bonds. The van der Waals surface area contributed by atoms with Gasteiger partial charge in [0.2, 0.25) is 0 Å². The van der Waals surface area contributed by atoms with Gasteiger partial charge >= 0.3 is 0 Å². The minimum Gasteiger partial charge on any atom is -0.389 e. The zero-order valence-electron chi connectivity index (χ0n) is 9.46. The van der Waals surface area contributed by atoms with Gasteiger partial charge in [-0.05, 0) is 13.0 Å². The van der Waals surface area contributed by atoms with Gasteiger partial charge in [-0.3, -0.25) is 4.57 Å². The molecule has 1 atom stereocenters. The van der Waals surface area contributed by atoms with Crippen LogP contribution in [0.5, 0.6) is 0 Å². The highest BCUT2D eigenvalue weighted by Gasteiger charge is 2.12. The molecule has 1 N–H and O–H groups in total. The Morgan fingerprint density at radius 3 is 2.88 bits per heavy atom. The smallest absolute Gasteiger partial charge is 0.143 e. The fourth-order valence-electron chi connectivity index (χ4n) is 1.73. The predicted molar refractivity (Wildman–Crippen MR) is 61.4 cm³/mol. The molecule has 0 aromatic carbocycles. The third kappa shape index (κ3) is 1.84. The molecule has 0 fully saturated rings. The van der Waals surface area contributed by atoms with Crippen LogP contribution in [0.3, 0.4) is 0 Å². The van der Waals surface area contributed by atoms with Crippen LogP contribution in [-0.4, -0.2) is 19.6 Å². The molecule has 0 unspecified atom stereocenters. The average Bonchev–Trinajstić information content (AvgIpc) is 2.76. The van der Waals surface area contributed by atoms with Gasteiger partial charge in [-0.25, -0.2) is 9.97 Å². The summed E-state index contributed by atoms with van der Waals surface area (Å²) in [4.78, 5) is 8.57. The Labute approximate surface area is 94.6 Å². The number of pyridine rings is 1. The maximum atomic E-state index is 9.69. The van der Waals surface area contributed by atoms with Crippen LogP contribution in [0.1, 0.15) is 31.3 Å². The van der Waals surface area contributed by atoms with E-state index in [4.69, 9.17) is 0 Å². The molecule has 2 aromatic heterocycles. The van der Waals surface area contributed by atoms with Crippen LogP contribution in [-0.2, 0) is 6.42 Å². The van der Waals surface area contributed by atoms with Crippen molar-refractivity contribution in [3.63, 3.8) is 0 Å². The van der Waals surface area contributed by atoms with Gasteiger partial charge in [0.05, 0.1) is 6.10 Å². The van der Waals surface area contributed by atoms with Crippen LogP contribution in [0.15, 0.2) is 30.7 Å². The van der Waals surface area contributed by atoms with Crippen LogP contribution in [0, 0.1) is 0 Å². The van der Waals surface area contributed by atoms with E-state index in [1.807, 2.05) is 29.8 Å². The summed E-state index contributed by atoms with van der Waals surface area (Å²) in [6.07, 6.45) is 5.64. The number of hydrogen-bond donors (Lipinski definition) is 1. The molecule has 0 radical (unpaired) electrons. The topological polar surface area (TPSA) is 50.9 Å². The lowest BCUT2D eigenvalue weighted by molar-refractivity contribution is 0.198. The molecule has 0 saturated heterocycles. The van der Waals surface area contributed by atoms with Crippen LogP contribution in [0.2, 0.25) is 0 Å². The van der Waals surface area contributed by atoms with Crippen LogP contribution >= 0.6 is 0 Å². The summed E-state index contributed by atoms with van der Waals surface area (Å²) in [5.41, 5.74) is 0.815. The van der Waals surface area contributed by atoms with Crippen LogP contribution in [0.4, 0.5) is 0 Å². The molecular weight excluding hydrogens is 202 g/mol. The molecule has 4 nitrogen and oxygen atoms in total. The third-order valence-corrected chi connectivity index (χ3v) is 2.53. The Balaban J connectivity index is 2.55. The first-order chi connectivity index (χ1) is 7.74. The van der Waals surface area contributed by atoms with E-state index in [2.05, 4.69) is 9.97 Å². The Hall–Kier alpha value is -1.68. The highest BCUT2D eigenvalue weighted by Crippen LogP contribution is 2.20. The maximum absolute atomic E-state index is 9.69.